The lowest BCUT2D eigenvalue weighted by Gasteiger charge is -2.07. The molecule has 1 aliphatic carbocycles. The highest BCUT2D eigenvalue weighted by atomic mass is 19.1. The third kappa shape index (κ3) is 2.27. The fourth-order valence-electron chi connectivity index (χ4n) is 2.59. The molecule has 1 aromatic heterocycles. The average molecular weight is 261 g/mol. The van der Waals surface area contributed by atoms with E-state index in [9.17, 15) is 4.39 Å². The number of halogens is 1. The second-order valence-corrected chi connectivity index (χ2v) is 5.82. The summed E-state index contributed by atoms with van der Waals surface area (Å²) in [5.74, 6) is 1.25. The van der Waals surface area contributed by atoms with E-state index in [1.807, 2.05) is 6.92 Å². The molecule has 102 valence electrons. The first kappa shape index (κ1) is 12.7. The van der Waals surface area contributed by atoms with Crippen molar-refractivity contribution >= 4 is 11.0 Å². The Labute approximate surface area is 113 Å². The van der Waals surface area contributed by atoms with E-state index in [4.69, 9.17) is 4.42 Å². The van der Waals surface area contributed by atoms with Crippen LogP contribution in [0, 0.1) is 12.7 Å². The van der Waals surface area contributed by atoms with Crippen LogP contribution in [0.5, 0.6) is 0 Å². The quantitative estimate of drug-likeness (QED) is 0.889. The lowest BCUT2D eigenvalue weighted by atomic mass is 10.0. The maximum absolute atomic E-state index is 14.1. The number of hydrogen-bond acceptors (Lipinski definition) is 2. The van der Waals surface area contributed by atoms with Gasteiger partial charge in [-0.05, 0) is 37.3 Å². The van der Waals surface area contributed by atoms with Crippen molar-refractivity contribution in [3.8, 4) is 0 Å². The molecule has 1 heterocycles. The summed E-state index contributed by atoms with van der Waals surface area (Å²) in [6, 6.07) is 3.74. The predicted octanol–water partition coefficient (Wildman–Crippen LogP) is 4.26. The fraction of sp³-hybridized carbons (Fsp3) is 0.500. The Hall–Kier alpha value is -1.35. The number of fused-ring (bicyclic) bond motifs is 1. The minimum absolute atomic E-state index is 0.151. The average Bonchev–Trinajstić information content (AvgIpc) is 3.12. The summed E-state index contributed by atoms with van der Waals surface area (Å²) in [5.41, 5.74) is 2.83. The smallest absolute Gasteiger partial charge is 0.140 e. The molecule has 0 amide bonds. The van der Waals surface area contributed by atoms with Crippen LogP contribution in [0.1, 0.15) is 49.5 Å². The Morgan fingerprint density at radius 2 is 2.11 bits per heavy atom. The van der Waals surface area contributed by atoms with Gasteiger partial charge in [0.05, 0.1) is 11.9 Å². The number of aryl methyl sites for hydroxylation is 1. The van der Waals surface area contributed by atoms with Crippen LogP contribution >= 0.6 is 0 Å². The number of benzene rings is 1. The van der Waals surface area contributed by atoms with Crippen molar-refractivity contribution in [2.75, 3.05) is 0 Å². The van der Waals surface area contributed by atoms with E-state index >= 15 is 0 Å². The maximum atomic E-state index is 14.1. The number of rotatable bonds is 4. The second kappa shape index (κ2) is 4.64. The van der Waals surface area contributed by atoms with Crippen LogP contribution in [0.2, 0.25) is 0 Å². The zero-order valence-corrected chi connectivity index (χ0v) is 11.7. The van der Waals surface area contributed by atoms with Crippen LogP contribution in [0.15, 0.2) is 16.5 Å². The van der Waals surface area contributed by atoms with Crippen molar-refractivity contribution in [2.45, 2.75) is 52.1 Å². The lowest BCUT2D eigenvalue weighted by molar-refractivity contribution is 0.482. The van der Waals surface area contributed by atoms with Crippen molar-refractivity contribution in [1.82, 2.24) is 5.32 Å². The molecule has 2 nitrogen and oxygen atoms in total. The highest BCUT2D eigenvalue weighted by molar-refractivity contribution is 5.86. The summed E-state index contributed by atoms with van der Waals surface area (Å²) in [6.07, 6.45) is 2.30. The van der Waals surface area contributed by atoms with E-state index in [1.165, 1.54) is 0 Å². The van der Waals surface area contributed by atoms with Gasteiger partial charge >= 0.3 is 0 Å². The Kier molecular flexibility index (Phi) is 3.09. The first-order valence-electron chi connectivity index (χ1n) is 7.01. The van der Waals surface area contributed by atoms with Gasteiger partial charge in [0, 0.05) is 11.6 Å². The Balaban J connectivity index is 2.13. The van der Waals surface area contributed by atoms with Gasteiger partial charge in [-0.15, -0.1) is 0 Å². The van der Waals surface area contributed by atoms with Gasteiger partial charge in [0.25, 0.3) is 0 Å². The fourth-order valence-corrected chi connectivity index (χ4v) is 2.59. The van der Waals surface area contributed by atoms with Crippen molar-refractivity contribution in [1.29, 1.82) is 0 Å². The van der Waals surface area contributed by atoms with Crippen molar-refractivity contribution in [3.05, 3.63) is 34.8 Å². The molecule has 2 aromatic rings. The molecule has 0 saturated heterocycles. The molecule has 0 spiro atoms. The summed E-state index contributed by atoms with van der Waals surface area (Å²) in [4.78, 5) is 0. The standard InChI is InChI=1S/C16H20FNO/c1-9(2)18-8-13-14(11-5-6-11)15-12(17)7-4-10(3)16(15)19-13/h4,7,9,11,18H,5-6,8H2,1-3H3. The van der Waals surface area contributed by atoms with Crippen LogP contribution in [-0.2, 0) is 6.54 Å². The SMILES string of the molecule is Cc1ccc(F)c2c(C3CC3)c(CNC(C)C)oc12. The van der Waals surface area contributed by atoms with Crippen molar-refractivity contribution in [3.63, 3.8) is 0 Å². The molecule has 0 aliphatic heterocycles. The van der Waals surface area contributed by atoms with Crippen molar-refractivity contribution < 1.29 is 8.81 Å². The molecule has 3 heteroatoms. The lowest BCUT2D eigenvalue weighted by Crippen LogP contribution is -2.22. The summed E-state index contributed by atoms with van der Waals surface area (Å²) in [7, 11) is 0. The van der Waals surface area contributed by atoms with Crippen LogP contribution < -0.4 is 5.32 Å². The number of furan rings is 1. The summed E-state index contributed by atoms with van der Waals surface area (Å²) >= 11 is 0. The molecule has 1 fully saturated rings. The Morgan fingerprint density at radius 1 is 1.37 bits per heavy atom. The highest BCUT2D eigenvalue weighted by Gasteiger charge is 2.32. The maximum Gasteiger partial charge on any atom is 0.140 e. The molecule has 0 radical (unpaired) electrons. The Morgan fingerprint density at radius 3 is 2.74 bits per heavy atom. The highest BCUT2D eigenvalue weighted by Crippen LogP contribution is 2.47. The van der Waals surface area contributed by atoms with Gasteiger partial charge in [-0.2, -0.15) is 0 Å². The van der Waals surface area contributed by atoms with E-state index in [1.54, 1.807) is 12.1 Å². The number of hydrogen-bond donors (Lipinski definition) is 1. The minimum Gasteiger partial charge on any atom is -0.459 e. The van der Waals surface area contributed by atoms with E-state index in [2.05, 4.69) is 19.2 Å². The van der Waals surface area contributed by atoms with Crippen LogP contribution in [0.3, 0.4) is 0 Å². The Bertz CT molecular complexity index is 611. The first-order valence-corrected chi connectivity index (χ1v) is 7.01. The predicted molar refractivity (Wildman–Crippen MR) is 74.9 cm³/mol. The van der Waals surface area contributed by atoms with Crippen LogP contribution in [-0.4, -0.2) is 6.04 Å². The topological polar surface area (TPSA) is 25.2 Å². The van der Waals surface area contributed by atoms with E-state index in [0.717, 1.165) is 35.3 Å². The van der Waals surface area contributed by atoms with Crippen LogP contribution in [0.4, 0.5) is 4.39 Å². The van der Waals surface area contributed by atoms with Crippen LogP contribution in [0.25, 0.3) is 11.0 Å². The molecule has 0 unspecified atom stereocenters. The first-order chi connectivity index (χ1) is 9.08. The van der Waals surface area contributed by atoms with E-state index < -0.39 is 0 Å². The van der Waals surface area contributed by atoms with Gasteiger partial charge < -0.3 is 9.73 Å². The third-order valence-corrected chi connectivity index (χ3v) is 3.76. The van der Waals surface area contributed by atoms with E-state index in [-0.39, 0.29) is 5.82 Å². The molecule has 1 aliphatic rings. The van der Waals surface area contributed by atoms with Gasteiger partial charge in [0.1, 0.15) is 17.2 Å². The third-order valence-electron chi connectivity index (χ3n) is 3.76. The van der Waals surface area contributed by atoms with Gasteiger partial charge in [0.2, 0.25) is 0 Å². The molecule has 3 rings (SSSR count). The van der Waals surface area contributed by atoms with Gasteiger partial charge in [0.15, 0.2) is 0 Å². The molecule has 1 saturated carbocycles. The van der Waals surface area contributed by atoms with Gasteiger partial charge in [-0.1, -0.05) is 19.9 Å². The summed E-state index contributed by atoms with van der Waals surface area (Å²) in [6.45, 7) is 6.86. The normalized spacial score (nSPS) is 15.6. The molecule has 1 N–H and O–H groups in total. The number of nitrogens with one attached hydrogen (secondary N) is 1. The van der Waals surface area contributed by atoms with Crippen molar-refractivity contribution in [2.24, 2.45) is 0 Å². The molecular weight excluding hydrogens is 241 g/mol. The summed E-state index contributed by atoms with van der Waals surface area (Å²) in [5, 5.41) is 4.08. The van der Waals surface area contributed by atoms with E-state index in [0.29, 0.717) is 23.9 Å². The molecule has 0 bridgehead atoms. The van der Waals surface area contributed by atoms with Gasteiger partial charge in [-0.3, -0.25) is 0 Å². The molecule has 1 aromatic carbocycles. The molecule has 19 heavy (non-hydrogen) atoms. The second-order valence-electron chi connectivity index (χ2n) is 5.82. The summed E-state index contributed by atoms with van der Waals surface area (Å²) < 4.78 is 20.1. The zero-order valence-electron chi connectivity index (χ0n) is 11.7. The zero-order chi connectivity index (χ0) is 13.6. The molecular formula is C16H20FNO. The minimum atomic E-state index is -0.151. The molecule has 0 atom stereocenters. The van der Waals surface area contributed by atoms with Gasteiger partial charge in [-0.25, -0.2) is 4.39 Å². The largest absolute Gasteiger partial charge is 0.459 e. The monoisotopic (exact) mass is 261 g/mol.